The molecule has 19 heavy (non-hydrogen) atoms. The van der Waals surface area contributed by atoms with E-state index in [2.05, 4.69) is 49.0 Å². The van der Waals surface area contributed by atoms with Gasteiger partial charge in [0.2, 0.25) is 0 Å². The summed E-state index contributed by atoms with van der Waals surface area (Å²) in [6, 6.07) is 7.57. The zero-order valence-corrected chi connectivity index (χ0v) is 12.5. The van der Waals surface area contributed by atoms with Gasteiger partial charge in [0.05, 0.1) is 0 Å². The fourth-order valence-electron chi connectivity index (χ4n) is 2.95. The second-order valence-corrected chi connectivity index (χ2v) is 5.83. The van der Waals surface area contributed by atoms with Gasteiger partial charge < -0.3 is 15.5 Å². The normalized spacial score (nSPS) is 17.2. The summed E-state index contributed by atoms with van der Waals surface area (Å²) in [4.78, 5) is 4.87. The Labute approximate surface area is 117 Å². The van der Waals surface area contributed by atoms with Crippen molar-refractivity contribution in [3.63, 3.8) is 0 Å². The van der Waals surface area contributed by atoms with Crippen molar-refractivity contribution >= 4 is 5.69 Å². The Morgan fingerprint density at radius 2 is 1.95 bits per heavy atom. The molecule has 106 valence electrons. The van der Waals surface area contributed by atoms with Gasteiger partial charge >= 0.3 is 0 Å². The molecule has 3 nitrogen and oxygen atoms in total. The van der Waals surface area contributed by atoms with Crippen LogP contribution in [0.15, 0.2) is 18.2 Å². The van der Waals surface area contributed by atoms with E-state index in [1.807, 2.05) is 0 Å². The molecule has 0 unspecified atom stereocenters. The van der Waals surface area contributed by atoms with E-state index in [4.69, 9.17) is 5.73 Å². The molecule has 0 radical (unpaired) electrons. The van der Waals surface area contributed by atoms with E-state index < -0.39 is 0 Å². The molecule has 2 rings (SSSR count). The third-order valence-electron chi connectivity index (χ3n) is 4.30. The van der Waals surface area contributed by atoms with Crippen LogP contribution in [-0.2, 0) is 6.42 Å². The van der Waals surface area contributed by atoms with Crippen molar-refractivity contribution < 1.29 is 0 Å². The largest absolute Gasteiger partial charge is 0.371 e. The molecule has 0 aromatic heterocycles. The second-order valence-electron chi connectivity index (χ2n) is 5.83. The maximum atomic E-state index is 5.64. The van der Waals surface area contributed by atoms with Crippen LogP contribution >= 0.6 is 0 Å². The summed E-state index contributed by atoms with van der Waals surface area (Å²) in [6.45, 7) is 5.26. The van der Waals surface area contributed by atoms with Crippen molar-refractivity contribution in [1.29, 1.82) is 0 Å². The quantitative estimate of drug-likeness (QED) is 0.900. The zero-order valence-electron chi connectivity index (χ0n) is 12.5. The van der Waals surface area contributed by atoms with Gasteiger partial charge in [0.1, 0.15) is 0 Å². The predicted molar refractivity (Wildman–Crippen MR) is 82.9 cm³/mol. The van der Waals surface area contributed by atoms with E-state index in [1.165, 1.54) is 42.7 Å². The molecule has 0 bridgehead atoms. The number of piperidine rings is 1. The summed E-state index contributed by atoms with van der Waals surface area (Å²) < 4.78 is 0. The van der Waals surface area contributed by atoms with Gasteiger partial charge in [0.15, 0.2) is 0 Å². The van der Waals surface area contributed by atoms with Crippen LogP contribution in [0.3, 0.4) is 0 Å². The van der Waals surface area contributed by atoms with E-state index in [0.29, 0.717) is 0 Å². The average molecular weight is 261 g/mol. The number of hydrogen-bond acceptors (Lipinski definition) is 3. The van der Waals surface area contributed by atoms with Gasteiger partial charge in [-0.2, -0.15) is 0 Å². The number of anilines is 1. The maximum absolute atomic E-state index is 5.64. The van der Waals surface area contributed by atoms with Crippen LogP contribution in [0.4, 0.5) is 5.69 Å². The van der Waals surface area contributed by atoms with E-state index in [9.17, 15) is 0 Å². The molecule has 1 aromatic rings. The molecule has 1 saturated heterocycles. The Kier molecular flexibility index (Phi) is 4.83. The first-order valence-electron chi connectivity index (χ1n) is 7.33. The van der Waals surface area contributed by atoms with Crippen LogP contribution in [0.25, 0.3) is 0 Å². The molecule has 0 spiro atoms. The predicted octanol–water partition coefficient (Wildman–Crippen LogP) is 2.03. The first kappa shape index (κ1) is 14.4. The minimum absolute atomic E-state index is 0.731. The smallest absolute Gasteiger partial charge is 0.0369 e. The third-order valence-corrected chi connectivity index (χ3v) is 4.30. The maximum Gasteiger partial charge on any atom is 0.0369 e. The topological polar surface area (TPSA) is 32.5 Å². The Morgan fingerprint density at radius 3 is 2.47 bits per heavy atom. The van der Waals surface area contributed by atoms with E-state index >= 15 is 0 Å². The average Bonchev–Trinajstić information content (AvgIpc) is 2.41. The van der Waals surface area contributed by atoms with Crippen molar-refractivity contribution in [3.8, 4) is 0 Å². The van der Waals surface area contributed by atoms with Gasteiger partial charge in [-0.05, 0) is 70.1 Å². The summed E-state index contributed by atoms with van der Waals surface area (Å²) in [5, 5.41) is 0. The summed E-state index contributed by atoms with van der Waals surface area (Å²) in [5.41, 5.74) is 9.77. The molecule has 1 aromatic carbocycles. The monoisotopic (exact) mass is 261 g/mol. The lowest BCUT2D eigenvalue weighted by Gasteiger charge is -2.36. The van der Waals surface area contributed by atoms with Crippen LogP contribution < -0.4 is 10.6 Å². The molecule has 3 heteroatoms. The Balaban J connectivity index is 2.01. The molecule has 0 atom stereocenters. The van der Waals surface area contributed by atoms with Crippen molar-refractivity contribution in [3.05, 3.63) is 29.3 Å². The molecule has 2 N–H and O–H groups in total. The summed E-state index contributed by atoms with van der Waals surface area (Å²) in [5.74, 6) is 0. The number of hydrogen-bond donors (Lipinski definition) is 1. The lowest BCUT2D eigenvalue weighted by atomic mass is 10.0. The van der Waals surface area contributed by atoms with Crippen molar-refractivity contribution in [2.75, 3.05) is 38.6 Å². The summed E-state index contributed by atoms with van der Waals surface area (Å²) in [7, 11) is 4.37. The lowest BCUT2D eigenvalue weighted by molar-refractivity contribution is 0.249. The highest BCUT2D eigenvalue weighted by Gasteiger charge is 2.20. The van der Waals surface area contributed by atoms with Crippen molar-refractivity contribution in [2.45, 2.75) is 32.2 Å². The van der Waals surface area contributed by atoms with Gasteiger partial charge in [-0.25, -0.2) is 0 Å². The fourth-order valence-corrected chi connectivity index (χ4v) is 2.95. The molecule has 1 heterocycles. The summed E-state index contributed by atoms with van der Waals surface area (Å²) in [6.07, 6.45) is 3.50. The lowest BCUT2D eigenvalue weighted by Crippen LogP contribution is -2.42. The van der Waals surface area contributed by atoms with Crippen LogP contribution in [0.5, 0.6) is 0 Å². The zero-order chi connectivity index (χ0) is 13.8. The van der Waals surface area contributed by atoms with Crippen LogP contribution in [0.2, 0.25) is 0 Å². The highest BCUT2D eigenvalue weighted by molar-refractivity contribution is 5.51. The van der Waals surface area contributed by atoms with Gasteiger partial charge in [0, 0.05) is 24.8 Å². The van der Waals surface area contributed by atoms with Crippen molar-refractivity contribution in [2.24, 2.45) is 5.73 Å². The van der Waals surface area contributed by atoms with Crippen molar-refractivity contribution in [1.82, 2.24) is 4.90 Å². The van der Waals surface area contributed by atoms with E-state index in [0.717, 1.165) is 19.0 Å². The number of aryl methyl sites for hydroxylation is 1. The minimum atomic E-state index is 0.731. The third kappa shape index (κ3) is 3.48. The SMILES string of the molecule is Cc1cc(N2CCC(N(C)C)CC2)ccc1CCN. The highest BCUT2D eigenvalue weighted by atomic mass is 15.2. The minimum Gasteiger partial charge on any atom is -0.371 e. The first-order chi connectivity index (χ1) is 9.11. The van der Waals surface area contributed by atoms with Crippen LogP contribution in [-0.4, -0.2) is 44.7 Å². The molecule has 0 aliphatic carbocycles. The van der Waals surface area contributed by atoms with Gasteiger partial charge in [-0.15, -0.1) is 0 Å². The number of rotatable bonds is 4. The highest BCUT2D eigenvalue weighted by Crippen LogP contribution is 2.24. The molecule has 0 saturated carbocycles. The van der Waals surface area contributed by atoms with Gasteiger partial charge in [-0.1, -0.05) is 6.07 Å². The number of nitrogens with two attached hydrogens (primary N) is 1. The van der Waals surface area contributed by atoms with Crippen LogP contribution in [0.1, 0.15) is 24.0 Å². The molecular weight excluding hydrogens is 234 g/mol. The van der Waals surface area contributed by atoms with E-state index in [1.54, 1.807) is 0 Å². The Bertz CT molecular complexity index is 406. The molecular formula is C16H27N3. The van der Waals surface area contributed by atoms with E-state index in [-0.39, 0.29) is 0 Å². The van der Waals surface area contributed by atoms with Gasteiger partial charge in [0.25, 0.3) is 0 Å². The molecule has 1 fully saturated rings. The summed E-state index contributed by atoms with van der Waals surface area (Å²) >= 11 is 0. The fraction of sp³-hybridized carbons (Fsp3) is 0.625. The van der Waals surface area contributed by atoms with Crippen LogP contribution in [0, 0.1) is 6.92 Å². The Hall–Kier alpha value is -1.06. The van der Waals surface area contributed by atoms with Gasteiger partial charge in [-0.3, -0.25) is 0 Å². The number of benzene rings is 1. The standard InChI is InChI=1S/C16H27N3/c1-13-12-16(5-4-14(13)6-9-17)19-10-7-15(8-11-19)18(2)3/h4-5,12,15H,6-11,17H2,1-3H3. The second kappa shape index (κ2) is 6.40. The molecule has 0 amide bonds. The molecule has 1 aliphatic rings. The first-order valence-corrected chi connectivity index (χ1v) is 7.33. The number of nitrogens with zero attached hydrogens (tertiary/aromatic N) is 2. The Morgan fingerprint density at radius 1 is 1.26 bits per heavy atom. The molecule has 1 aliphatic heterocycles.